The maximum absolute atomic E-state index is 13.9. The number of amides is 1. The van der Waals surface area contributed by atoms with E-state index in [1.165, 1.54) is 23.1 Å². The molecule has 128 valence electrons. The summed E-state index contributed by atoms with van der Waals surface area (Å²) < 4.78 is 19.9. The zero-order valence-corrected chi connectivity index (χ0v) is 15.3. The summed E-state index contributed by atoms with van der Waals surface area (Å²) in [6.45, 7) is 0.631. The number of carbonyl (C=O) groups excluding carboxylic acids is 1. The van der Waals surface area contributed by atoms with Crippen LogP contribution in [0.5, 0.6) is 5.75 Å². The molecule has 1 fully saturated rings. The second-order valence-corrected chi connectivity index (χ2v) is 7.21. The summed E-state index contributed by atoms with van der Waals surface area (Å²) in [7, 11) is 0. The molecule has 0 radical (unpaired) electrons. The molecule has 3 nitrogen and oxygen atoms in total. The van der Waals surface area contributed by atoms with Gasteiger partial charge in [0, 0.05) is 5.56 Å². The highest BCUT2D eigenvalue weighted by atomic mass is 35.5. The highest BCUT2D eigenvalue weighted by Gasteiger charge is 2.32. The van der Waals surface area contributed by atoms with Crippen LogP contribution in [0.3, 0.4) is 0 Å². The Labute approximate surface area is 159 Å². The number of para-hydroxylation sites is 1. The zero-order chi connectivity index (χ0) is 17.8. The number of halogens is 2. The van der Waals surface area contributed by atoms with Crippen molar-refractivity contribution < 1.29 is 13.9 Å². The van der Waals surface area contributed by atoms with Gasteiger partial charge >= 0.3 is 0 Å². The van der Waals surface area contributed by atoms with E-state index in [1.54, 1.807) is 6.07 Å². The molecule has 1 saturated heterocycles. The first kappa shape index (κ1) is 17.9. The van der Waals surface area contributed by atoms with Crippen LogP contribution in [-0.4, -0.2) is 28.3 Å². The van der Waals surface area contributed by atoms with Gasteiger partial charge in [0.25, 0.3) is 5.91 Å². The Kier molecular flexibility index (Phi) is 5.73. The highest BCUT2D eigenvalue weighted by Crippen LogP contribution is 2.34. The molecule has 0 atom stereocenters. The molecule has 1 amide bonds. The van der Waals surface area contributed by atoms with Gasteiger partial charge in [0.15, 0.2) is 0 Å². The van der Waals surface area contributed by atoms with Gasteiger partial charge in [-0.2, -0.15) is 0 Å². The van der Waals surface area contributed by atoms with E-state index in [0.29, 0.717) is 22.4 Å². The number of rotatable bonds is 5. The van der Waals surface area contributed by atoms with E-state index in [4.69, 9.17) is 28.6 Å². The number of thioether (sulfide) groups is 1. The number of hydrogen-bond acceptors (Lipinski definition) is 4. The van der Waals surface area contributed by atoms with E-state index < -0.39 is 5.82 Å². The van der Waals surface area contributed by atoms with Crippen LogP contribution in [0.1, 0.15) is 5.56 Å². The largest absolute Gasteiger partial charge is 0.492 e. The first-order valence-corrected chi connectivity index (χ1v) is 9.04. The van der Waals surface area contributed by atoms with E-state index in [0.717, 1.165) is 17.5 Å². The van der Waals surface area contributed by atoms with E-state index in [1.807, 2.05) is 30.3 Å². The van der Waals surface area contributed by atoms with Gasteiger partial charge in [0.05, 0.1) is 16.5 Å². The minimum atomic E-state index is -0.481. The third-order valence-electron chi connectivity index (χ3n) is 3.48. The van der Waals surface area contributed by atoms with Crippen LogP contribution >= 0.6 is 35.6 Å². The van der Waals surface area contributed by atoms with Crippen LogP contribution in [0, 0.1) is 5.82 Å². The Morgan fingerprint density at radius 3 is 2.68 bits per heavy atom. The van der Waals surface area contributed by atoms with Crippen LogP contribution < -0.4 is 4.74 Å². The SMILES string of the molecule is O=C1/C(=C/c2c(F)cccc2Cl)SC(=S)N1CCOc1ccccc1. The number of carbonyl (C=O) groups is 1. The molecular weight excluding hydrogens is 381 g/mol. The van der Waals surface area contributed by atoms with Gasteiger partial charge < -0.3 is 4.74 Å². The molecule has 0 saturated carbocycles. The third-order valence-corrected chi connectivity index (χ3v) is 5.18. The minimum absolute atomic E-state index is 0.185. The lowest BCUT2D eigenvalue weighted by atomic mass is 10.2. The molecule has 2 aromatic rings. The summed E-state index contributed by atoms with van der Waals surface area (Å²) in [5.41, 5.74) is 0.185. The van der Waals surface area contributed by atoms with Crippen molar-refractivity contribution >= 4 is 51.9 Å². The van der Waals surface area contributed by atoms with Crippen molar-refractivity contribution in [1.29, 1.82) is 0 Å². The van der Waals surface area contributed by atoms with E-state index >= 15 is 0 Å². The molecule has 1 heterocycles. The Morgan fingerprint density at radius 1 is 1.20 bits per heavy atom. The van der Waals surface area contributed by atoms with Crippen molar-refractivity contribution in [2.24, 2.45) is 0 Å². The summed E-state index contributed by atoms with van der Waals surface area (Å²) in [5.74, 6) is -0.0298. The molecule has 2 aromatic carbocycles. The van der Waals surface area contributed by atoms with E-state index in [-0.39, 0.29) is 16.5 Å². The first-order valence-electron chi connectivity index (χ1n) is 7.43. The van der Waals surface area contributed by atoms with Crippen LogP contribution in [0.15, 0.2) is 53.4 Å². The number of thiocarbonyl (C=S) groups is 1. The number of nitrogens with zero attached hydrogens (tertiary/aromatic N) is 1. The lowest BCUT2D eigenvalue weighted by Gasteiger charge is -2.14. The quantitative estimate of drug-likeness (QED) is 0.541. The van der Waals surface area contributed by atoms with Gasteiger partial charge in [-0.05, 0) is 30.3 Å². The minimum Gasteiger partial charge on any atom is -0.492 e. The Morgan fingerprint density at radius 2 is 1.96 bits per heavy atom. The monoisotopic (exact) mass is 393 g/mol. The predicted octanol–water partition coefficient (Wildman–Crippen LogP) is 4.76. The first-order chi connectivity index (χ1) is 12.1. The average Bonchev–Trinajstić information content (AvgIpc) is 2.86. The van der Waals surface area contributed by atoms with Crippen molar-refractivity contribution in [3.05, 3.63) is 69.8 Å². The average molecular weight is 394 g/mol. The van der Waals surface area contributed by atoms with E-state index in [2.05, 4.69) is 0 Å². The molecule has 1 aliphatic rings. The van der Waals surface area contributed by atoms with Crippen molar-refractivity contribution in [2.75, 3.05) is 13.2 Å². The van der Waals surface area contributed by atoms with Gasteiger partial charge in [-0.15, -0.1) is 0 Å². The Hall–Kier alpha value is -1.89. The van der Waals surface area contributed by atoms with Gasteiger partial charge in [-0.25, -0.2) is 4.39 Å². The maximum Gasteiger partial charge on any atom is 0.266 e. The fraction of sp³-hybridized carbons (Fsp3) is 0.111. The van der Waals surface area contributed by atoms with Gasteiger partial charge in [0.2, 0.25) is 0 Å². The third kappa shape index (κ3) is 4.21. The Balaban J connectivity index is 1.69. The molecule has 1 aliphatic heterocycles. The van der Waals surface area contributed by atoms with Gasteiger partial charge in [0.1, 0.15) is 22.5 Å². The standard InChI is InChI=1S/C18H13ClFNO2S2/c19-14-7-4-8-15(20)13(14)11-16-17(22)21(18(24)25-16)9-10-23-12-5-2-1-3-6-12/h1-8,11H,9-10H2/b16-11-. The molecule has 7 heteroatoms. The zero-order valence-electron chi connectivity index (χ0n) is 12.9. The van der Waals surface area contributed by atoms with E-state index in [9.17, 15) is 9.18 Å². The summed E-state index contributed by atoms with van der Waals surface area (Å²) in [6, 6.07) is 13.7. The van der Waals surface area contributed by atoms with Crippen molar-refractivity contribution in [3.8, 4) is 5.75 Å². The number of hydrogen-bond donors (Lipinski definition) is 0. The second-order valence-electron chi connectivity index (χ2n) is 5.13. The molecule has 0 N–H and O–H groups in total. The summed E-state index contributed by atoms with van der Waals surface area (Å²) >= 11 is 12.4. The van der Waals surface area contributed by atoms with Crippen molar-refractivity contribution in [1.82, 2.24) is 4.90 Å². The normalized spacial score (nSPS) is 15.9. The fourth-order valence-corrected chi connectivity index (χ4v) is 3.75. The highest BCUT2D eigenvalue weighted by molar-refractivity contribution is 8.26. The lowest BCUT2D eigenvalue weighted by molar-refractivity contribution is -0.122. The molecular formula is C18H13ClFNO2S2. The molecule has 0 spiro atoms. The molecule has 0 aliphatic carbocycles. The summed E-state index contributed by atoms with van der Waals surface area (Å²) in [6.07, 6.45) is 1.44. The van der Waals surface area contributed by atoms with Crippen molar-refractivity contribution in [2.45, 2.75) is 0 Å². The lowest BCUT2D eigenvalue weighted by Crippen LogP contribution is -2.32. The van der Waals surface area contributed by atoms with Crippen LogP contribution in [0.2, 0.25) is 5.02 Å². The summed E-state index contributed by atoms with van der Waals surface area (Å²) in [4.78, 5) is 14.3. The topological polar surface area (TPSA) is 29.5 Å². The molecule has 25 heavy (non-hydrogen) atoms. The smallest absolute Gasteiger partial charge is 0.266 e. The van der Waals surface area contributed by atoms with Crippen molar-refractivity contribution in [3.63, 3.8) is 0 Å². The molecule has 0 aromatic heterocycles. The molecule has 0 bridgehead atoms. The van der Waals surface area contributed by atoms with Gasteiger partial charge in [-0.3, -0.25) is 9.69 Å². The van der Waals surface area contributed by atoms with Crippen LogP contribution in [-0.2, 0) is 4.79 Å². The fourth-order valence-electron chi connectivity index (χ4n) is 2.24. The summed E-state index contributed by atoms with van der Waals surface area (Å²) in [5, 5.41) is 0.248. The Bertz CT molecular complexity index is 822. The predicted molar refractivity (Wildman–Crippen MR) is 103 cm³/mol. The van der Waals surface area contributed by atoms with Gasteiger partial charge in [-0.1, -0.05) is 59.8 Å². The number of benzene rings is 2. The van der Waals surface area contributed by atoms with Crippen LogP contribution in [0.25, 0.3) is 6.08 Å². The number of ether oxygens (including phenoxy) is 1. The molecule has 3 rings (SSSR count). The second kappa shape index (κ2) is 7.99. The van der Waals surface area contributed by atoms with Crippen LogP contribution in [0.4, 0.5) is 4.39 Å². The maximum atomic E-state index is 13.9. The molecule has 0 unspecified atom stereocenters.